The van der Waals surface area contributed by atoms with E-state index in [1.807, 2.05) is 54.6 Å². The third kappa shape index (κ3) is 6.14. The molecule has 1 aromatic heterocycles. The zero-order valence-corrected chi connectivity index (χ0v) is 15.9. The molecule has 7 heteroatoms. The fourth-order valence-electron chi connectivity index (χ4n) is 2.46. The number of methoxy groups -OCH3 is 1. The van der Waals surface area contributed by atoms with Crippen molar-refractivity contribution < 1.29 is 13.9 Å². The van der Waals surface area contributed by atoms with Gasteiger partial charge in [0.2, 0.25) is 11.8 Å². The van der Waals surface area contributed by atoms with E-state index in [9.17, 15) is 4.79 Å². The molecule has 0 radical (unpaired) electrons. The zero-order chi connectivity index (χ0) is 18.9. The van der Waals surface area contributed by atoms with Crippen LogP contribution in [0, 0.1) is 0 Å². The van der Waals surface area contributed by atoms with Gasteiger partial charge in [-0.3, -0.25) is 4.79 Å². The number of carbonyl (C=O) groups is 1. The molecular weight excluding hydrogens is 362 g/mol. The normalized spacial score (nSPS) is 10.6. The van der Waals surface area contributed by atoms with Crippen molar-refractivity contribution in [3.05, 3.63) is 71.6 Å². The lowest BCUT2D eigenvalue weighted by Gasteiger charge is -2.05. The second-order valence-corrected chi connectivity index (χ2v) is 6.79. The van der Waals surface area contributed by atoms with Gasteiger partial charge < -0.3 is 14.5 Å². The van der Waals surface area contributed by atoms with Crippen molar-refractivity contribution in [2.45, 2.75) is 18.1 Å². The van der Waals surface area contributed by atoms with Crippen LogP contribution >= 0.6 is 11.8 Å². The number of aromatic nitrogens is 2. The van der Waals surface area contributed by atoms with Gasteiger partial charge in [-0.2, -0.15) is 0 Å². The maximum Gasteiger partial charge on any atom is 0.277 e. The lowest BCUT2D eigenvalue weighted by Crippen LogP contribution is -2.27. The minimum Gasteiger partial charge on any atom is -0.497 e. The minimum absolute atomic E-state index is 0.0590. The molecular formula is C20H21N3O3S. The standard InChI is InChI=1S/C20H21N3O3S/c1-25-17-9-7-15(8-10-17)11-12-21-18(24)14-27-20-23-22-19(26-20)13-16-5-3-2-4-6-16/h2-10H,11-14H2,1H3,(H,21,24). The third-order valence-electron chi connectivity index (χ3n) is 3.87. The molecule has 0 aliphatic carbocycles. The second-order valence-electron chi connectivity index (χ2n) is 5.86. The first kappa shape index (κ1) is 19.0. The first-order chi connectivity index (χ1) is 13.2. The number of ether oxygens (including phenoxy) is 1. The van der Waals surface area contributed by atoms with Gasteiger partial charge in [-0.15, -0.1) is 10.2 Å². The number of nitrogens with zero attached hydrogens (tertiary/aromatic N) is 2. The summed E-state index contributed by atoms with van der Waals surface area (Å²) in [7, 11) is 1.64. The summed E-state index contributed by atoms with van der Waals surface area (Å²) < 4.78 is 10.7. The van der Waals surface area contributed by atoms with E-state index in [2.05, 4.69) is 15.5 Å². The van der Waals surface area contributed by atoms with Gasteiger partial charge in [-0.1, -0.05) is 54.2 Å². The lowest BCUT2D eigenvalue weighted by atomic mass is 10.1. The van der Waals surface area contributed by atoms with Crippen molar-refractivity contribution >= 4 is 17.7 Å². The van der Waals surface area contributed by atoms with Crippen LogP contribution in [0.2, 0.25) is 0 Å². The Labute approximate surface area is 162 Å². The number of nitrogens with one attached hydrogen (secondary N) is 1. The Morgan fingerprint density at radius 3 is 2.59 bits per heavy atom. The van der Waals surface area contributed by atoms with Crippen LogP contribution in [-0.2, 0) is 17.6 Å². The summed E-state index contributed by atoms with van der Waals surface area (Å²) in [4.78, 5) is 12.0. The summed E-state index contributed by atoms with van der Waals surface area (Å²) in [6.07, 6.45) is 1.35. The summed E-state index contributed by atoms with van der Waals surface area (Å²) in [5, 5.41) is 11.3. The average molecular weight is 383 g/mol. The quantitative estimate of drug-likeness (QED) is 0.572. The smallest absolute Gasteiger partial charge is 0.277 e. The Bertz CT molecular complexity index is 850. The highest BCUT2D eigenvalue weighted by molar-refractivity contribution is 7.99. The van der Waals surface area contributed by atoms with E-state index >= 15 is 0 Å². The Morgan fingerprint density at radius 1 is 1.07 bits per heavy atom. The summed E-state index contributed by atoms with van der Waals surface area (Å²) in [6, 6.07) is 17.7. The second kappa shape index (κ2) is 9.78. The third-order valence-corrected chi connectivity index (χ3v) is 4.69. The first-order valence-electron chi connectivity index (χ1n) is 8.61. The summed E-state index contributed by atoms with van der Waals surface area (Å²) in [6.45, 7) is 0.578. The molecule has 2 aromatic carbocycles. The monoisotopic (exact) mass is 383 g/mol. The van der Waals surface area contributed by atoms with E-state index in [4.69, 9.17) is 9.15 Å². The maximum absolute atomic E-state index is 12.0. The molecule has 1 heterocycles. The fraction of sp³-hybridized carbons (Fsp3) is 0.250. The molecule has 0 aliphatic heterocycles. The molecule has 3 aromatic rings. The van der Waals surface area contributed by atoms with Crippen molar-refractivity contribution in [3.8, 4) is 5.75 Å². The topological polar surface area (TPSA) is 77.2 Å². The summed E-state index contributed by atoms with van der Waals surface area (Å²) >= 11 is 1.24. The van der Waals surface area contributed by atoms with Gasteiger partial charge in [0.05, 0.1) is 19.3 Å². The van der Waals surface area contributed by atoms with Crippen LogP contribution in [-0.4, -0.2) is 35.5 Å². The fourth-order valence-corrected chi connectivity index (χ4v) is 3.07. The molecule has 0 spiro atoms. The van der Waals surface area contributed by atoms with E-state index in [-0.39, 0.29) is 11.7 Å². The maximum atomic E-state index is 12.0. The van der Waals surface area contributed by atoms with Crippen molar-refractivity contribution in [1.29, 1.82) is 0 Å². The molecule has 0 aliphatic rings. The molecule has 0 bridgehead atoms. The number of rotatable bonds is 9. The SMILES string of the molecule is COc1ccc(CCNC(=O)CSc2nnc(Cc3ccccc3)o2)cc1. The highest BCUT2D eigenvalue weighted by atomic mass is 32.2. The van der Waals surface area contributed by atoms with Gasteiger partial charge in [0.25, 0.3) is 5.22 Å². The van der Waals surface area contributed by atoms with Crippen molar-refractivity contribution in [2.24, 2.45) is 0 Å². The molecule has 1 amide bonds. The largest absolute Gasteiger partial charge is 0.497 e. The van der Waals surface area contributed by atoms with Crippen LogP contribution in [0.4, 0.5) is 0 Å². The van der Waals surface area contributed by atoms with Gasteiger partial charge in [-0.05, 0) is 29.7 Å². The number of carbonyl (C=O) groups excluding carboxylic acids is 1. The van der Waals surface area contributed by atoms with E-state index in [1.165, 1.54) is 11.8 Å². The predicted molar refractivity (Wildman–Crippen MR) is 104 cm³/mol. The number of hydrogen-bond acceptors (Lipinski definition) is 6. The summed E-state index contributed by atoms with van der Waals surface area (Å²) in [5.74, 6) is 1.56. The van der Waals surface area contributed by atoms with E-state index in [1.54, 1.807) is 7.11 Å². The van der Waals surface area contributed by atoms with Crippen molar-refractivity contribution in [3.63, 3.8) is 0 Å². The molecule has 3 rings (SSSR count). The van der Waals surface area contributed by atoms with E-state index in [0.29, 0.717) is 24.1 Å². The highest BCUT2D eigenvalue weighted by Gasteiger charge is 2.10. The van der Waals surface area contributed by atoms with Gasteiger partial charge >= 0.3 is 0 Å². The zero-order valence-electron chi connectivity index (χ0n) is 15.1. The van der Waals surface area contributed by atoms with Crippen LogP contribution in [0.3, 0.4) is 0 Å². The molecule has 0 atom stereocenters. The average Bonchev–Trinajstić information content (AvgIpc) is 3.15. The minimum atomic E-state index is -0.0590. The van der Waals surface area contributed by atoms with Crippen molar-refractivity contribution in [2.75, 3.05) is 19.4 Å². The van der Waals surface area contributed by atoms with Gasteiger partial charge in [-0.25, -0.2) is 0 Å². The highest BCUT2D eigenvalue weighted by Crippen LogP contribution is 2.17. The number of amides is 1. The number of hydrogen-bond donors (Lipinski definition) is 1. The Balaban J connectivity index is 1.37. The van der Waals surface area contributed by atoms with Crippen LogP contribution in [0.5, 0.6) is 5.75 Å². The molecule has 0 saturated heterocycles. The Kier molecular flexibility index (Phi) is 6.87. The van der Waals surface area contributed by atoms with Crippen LogP contribution < -0.4 is 10.1 Å². The molecule has 6 nitrogen and oxygen atoms in total. The molecule has 1 N–H and O–H groups in total. The van der Waals surface area contributed by atoms with E-state index in [0.717, 1.165) is 23.3 Å². The van der Waals surface area contributed by atoms with Gasteiger partial charge in [0, 0.05) is 6.54 Å². The van der Waals surface area contributed by atoms with Crippen LogP contribution in [0.15, 0.2) is 64.2 Å². The first-order valence-corrected chi connectivity index (χ1v) is 9.60. The lowest BCUT2D eigenvalue weighted by molar-refractivity contribution is -0.118. The molecule has 0 fully saturated rings. The van der Waals surface area contributed by atoms with Crippen LogP contribution in [0.1, 0.15) is 17.0 Å². The predicted octanol–water partition coefficient (Wildman–Crippen LogP) is 3.12. The molecule has 0 saturated carbocycles. The molecule has 27 heavy (non-hydrogen) atoms. The van der Waals surface area contributed by atoms with E-state index < -0.39 is 0 Å². The molecule has 0 unspecified atom stereocenters. The summed E-state index contributed by atoms with van der Waals surface area (Å²) in [5.41, 5.74) is 2.25. The van der Waals surface area contributed by atoms with Gasteiger partial charge in [0.1, 0.15) is 5.75 Å². The van der Waals surface area contributed by atoms with Crippen molar-refractivity contribution in [1.82, 2.24) is 15.5 Å². The number of thioether (sulfide) groups is 1. The molecule has 140 valence electrons. The van der Waals surface area contributed by atoms with Gasteiger partial charge in [0.15, 0.2) is 0 Å². The van der Waals surface area contributed by atoms with Crippen LogP contribution in [0.25, 0.3) is 0 Å². The number of benzene rings is 2. The Morgan fingerprint density at radius 2 is 1.85 bits per heavy atom. The Hall–Kier alpha value is -2.80.